The van der Waals surface area contributed by atoms with Gasteiger partial charge in [0.2, 0.25) is 0 Å². The summed E-state index contributed by atoms with van der Waals surface area (Å²) in [4.78, 5) is 25.8. The molecular formula is C24H24N2O3S. The van der Waals surface area contributed by atoms with E-state index in [1.807, 2.05) is 74.7 Å². The van der Waals surface area contributed by atoms with Gasteiger partial charge in [0.25, 0.3) is 5.91 Å². The normalized spacial score (nSPS) is 10.4. The van der Waals surface area contributed by atoms with Gasteiger partial charge in [-0.25, -0.2) is 4.79 Å². The first kappa shape index (κ1) is 21.5. The summed E-state index contributed by atoms with van der Waals surface area (Å²) in [5.41, 5.74) is 4.87. The second-order valence-corrected chi connectivity index (χ2v) is 7.59. The van der Waals surface area contributed by atoms with E-state index in [9.17, 15) is 9.59 Å². The molecule has 3 aromatic carbocycles. The fourth-order valence-corrected chi connectivity index (χ4v) is 3.50. The Bertz CT molecular complexity index is 1070. The smallest absolute Gasteiger partial charge is 0.340 e. The lowest BCUT2D eigenvalue weighted by Crippen LogP contribution is -2.21. The maximum absolute atomic E-state index is 12.6. The molecule has 5 nitrogen and oxygen atoms in total. The van der Waals surface area contributed by atoms with Crippen LogP contribution in [0, 0.1) is 13.8 Å². The topological polar surface area (TPSA) is 67.4 Å². The zero-order valence-electron chi connectivity index (χ0n) is 17.2. The zero-order valence-corrected chi connectivity index (χ0v) is 18.0. The Hall–Kier alpha value is -3.25. The Balaban J connectivity index is 1.67. The van der Waals surface area contributed by atoms with Crippen LogP contribution in [-0.2, 0) is 9.53 Å². The second kappa shape index (κ2) is 9.98. The molecule has 0 saturated heterocycles. The number of nitrogens with one attached hydrogen (secondary N) is 2. The first-order valence-electron chi connectivity index (χ1n) is 9.52. The summed E-state index contributed by atoms with van der Waals surface area (Å²) in [6, 6.07) is 20.5. The van der Waals surface area contributed by atoms with E-state index < -0.39 is 5.97 Å². The molecule has 0 aliphatic rings. The molecule has 0 unspecified atom stereocenters. The van der Waals surface area contributed by atoms with Crippen molar-refractivity contribution in [3.05, 3.63) is 83.4 Å². The number of aryl methyl sites for hydroxylation is 1. The Morgan fingerprint density at radius 3 is 2.30 bits per heavy atom. The third-order valence-corrected chi connectivity index (χ3v) is 5.53. The van der Waals surface area contributed by atoms with Gasteiger partial charge in [-0.05, 0) is 61.6 Å². The SMILES string of the molecule is CSc1ccccc1NC(=O)COC(=O)c1ccccc1Nc1cccc(C)c1C. The molecule has 0 aliphatic heterocycles. The van der Waals surface area contributed by atoms with Gasteiger partial charge in [-0.2, -0.15) is 0 Å². The molecule has 3 aromatic rings. The van der Waals surface area contributed by atoms with E-state index in [2.05, 4.69) is 10.6 Å². The molecule has 0 bridgehead atoms. The molecule has 3 rings (SSSR count). The van der Waals surface area contributed by atoms with E-state index in [0.29, 0.717) is 16.9 Å². The number of ether oxygens (including phenoxy) is 1. The van der Waals surface area contributed by atoms with Crippen molar-refractivity contribution in [2.75, 3.05) is 23.5 Å². The van der Waals surface area contributed by atoms with Crippen LogP contribution in [0.1, 0.15) is 21.5 Å². The van der Waals surface area contributed by atoms with Crippen molar-refractivity contribution < 1.29 is 14.3 Å². The molecule has 0 spiro atoms. The molecule has 0 saturated carbocycles. The molecule has 154 valence electrons. The fourth-order valence-electron chi connectivity index (χ4n) is 2.94. The molecule has 0 heterocycles. The maximum Gasteiger partial charge on any atom is 0.340 e. The molecule has 1 amide bonds. The van der Waals surface area contributed by atoms with E-state index >= 15 is 0 Å². The number of rotatable bonds is 7. The molecule has 0 atom stereocenters. The minimum absolute atomic E-state index is 0.362. The lowest BCUT2D eigenvalue weighted by Gasteiger charge is -2.15. The summed E-state index contributed by atoms with van der Waals surface area (Å²) in [7, 11) is 0. The van der Waals surface area contributed by atoms with Crippen molar-refractivity contribution in [3.8, 4) is 0 Å². The predicted molar refractivity (Wildman–Crippen MR) is 123 cm³/mol. The summed E-state index contributed by atoms with van der Waals surface area (Å²) in [6.45, 7) is 3.70. The van der Waals surface area contributed by atoms with Gasteiger partial charge in [0.15, 0.2) is 6.61 Å². The second-order valence-electron chi connectivity index (χ2n) is 6.74. The van der Waals surface area contributed by atoms with Crippen LogP contribution < -0.4 is 10.6 Å². The van der Waals surface area contributed by atoms with Gasteiger partial charge >= 0.3 is 5.97 Å². The Morgan fingerprint density at radius 1 is 0.867 bits per heavy atom. The van der Waals surface area contributed by atoms with Crippen LogP contribution in [0.25, 0.3) is 0 Å². The maximum atomic E-state index is 12.6. The first-order chi connectivity index (χ1) is 14.5. The van der Waals surface area contributed by atoms with Crippen LogP contribution in [0.3, 0.4) is 0 Å². The summed E-state index contributed by atoms with van der Waals surface area (Å²) in [5.74, 6) is -0.943. The highest BCUT2D eigenvalue weighted by Crippen LogP contribution is 2.26. The average Bonchev–Trinajstić information content (AvgIpc) is 2.76. The van der Waals surface area contributed by atoms with Crippen LogP contribution >= 0.6 is 11.8 Å². The van der Waals surface area contributed by atoms with Gasteiger partial charge in [-0.15, -0.1) is 11.8 Å². The lowest BCUT2D eigenvalue weighted by atomic mass is 10.1. The van der Waals surface area contributed by atoms with Gasteiger partial charge in [0.1, 0.15) is 0 Å². The van der Waals surface area contributed by atoms with Crippen molar-refractivity contribution >= 4 is 40.7 Å². The highest BCUT2D eigenvalue weighted by atomic mass is 32.2. The highest BCUT2D eigenvalue weighted by molar-refractivity contribution is 7.98. The minimum atomic E-state index is -0.559. The number of para-hydroxylation sites is 2. The van der Waals surface area contributed by atoms with Crippen LogP contribution in [-0.4, -0.2) is 24.7 Å². The number of amides is 1. The standard InChI is InChI=1S/C24H24N2O3S/c1-16-9-8-13-19(17(16)2)25-20-11-5-4-10-18(20)24(28)29-15-23(27)26-21-12-6-7-14-22(21)30-3/h4-14,25H,15H2,1-3H3,(H,26,27). The quantitative estimate of drug-likeness (QED) is 0.387. The summed E-state index contributed by atoms with van der Waals surface area (Å²) >= 11 is 1.53. The molecule has 2 N–H and O–H groups in total. The van der Waals surface area contributed by atoms with Crippen molar-refractivity contribution in [3.63, 3.8) is 0 Å². The van der Waals surface area contributed by atoms with E-state index in [1.54, 1.807) is 12.1 Å². The van der Waals surface area contributed by atoms with Gasteiger partial charge in [0.05, 0.1) is 16.9 Å². The van der Waals surface area contributed by atoms with Gasteiger partial charge in [-0.1, -0.05) is 36.4 Å². The Labute approximate surface area is 180 Å². The number of hydrogen-bond acceptors (Lipinski definition) is 5. The number of hydrogen-bond donors (Lipinski definition) is 2. The molecule has 0 fully saturated rings. The Kier molecular flexibility index (Phi) is 7.14. The number of carbonyl (C=O) groups excluding carboxylic acids is 2. The van der Waals surface area contributed by atoms with E-state index in [-0.39, 0.29) is 12.5 Å². The van der Waals surface area contributed by atoms with Gasteiger partial charge in [-0.3, -0.25) is 4.79 Å². The molecule has 30 heavy (non-hydrogen) atoms. The van der Waals surface area contributed by atoms with Crippen molar-refractivity contribution in [1.29, 1.82) is 0 Å². The molecule has 0 radical (unpaired) electrons. The summed E-state index contributed by atoms with van der Waals surface area (Å²) in [5, 5.41) is 6.08. The lowest BCUT2D eigenvalue weighted by molar-refractivity contribution is -0.119. The monoisotopic (exact) mass is 420 g/mol. The highest BCUT2D eigenvalue weighted by Gasteiger charge is 2.15. The number of carbonyl (C=O) groups is 2. The third kappa shape index (κ3) is 5.21. The first-order valence-corrected chi connectivity index (χ1v) is 10.7. The fraction of sp³-hybridized carbons (Fsp3) is 0.167. The van der Waals surface area contributed by atoms with Crippen LogP contribution in [0.4, 0.5) is 17.1 Å². The third-order valence-electron chi connectivity index (χ3n) is 4.74. The van der Waals surface area contributed by atoms with E-state index in [1.165, 1.54) is 11.8 Å². The summed E-state index contributed by atoms with van der Waals surface area (Å²) < 4.78 is 5.27. The van der Waals surface area contributed by atoms with Crippen molar-refractivity contribution in [1.82, 2.24) is 0 Å². The van der Waals surface area contributed by atoms with E-state index in [0.717, 1.165) is 21.7 Å². The Morgan fingerprint density at radius 2 is 1.53 bits per heavy atom. The van der Waals surface area contributed by atoms with Gasteiger partial charge < -0.3 is 15.4 Å². The minimum Gasteiger partial charge on any atom is -0.452 e. The van der Waals surface area contributed by atoms with E-state index in [4.69, 9.17) is 4.74 Å². The van der Waals surface area contributed by atoms with Crippen LogP contribution in [0.2, 0.25) is 0 Å². The number of esters is 1. The molecule has 0 aliphatic carbocycles. The van der Waals surface area contributed by atoms with Crippen molar-refractivity contribution in [2.24, 2.45) is 0 Å². The number of thioether (sulfide) groups is 1. The van der Waals surface area contributed by atoms with Crippen LogP contribution in [0.15, 0.2) is 71.6 Å². The van der Waals surface area contributed by atoms with Crippen molar-refractivity contribution in [2.45, 2.75) is 18.7 Å². The zero-order chi connectivity index (χ0) is 21.5. The average molecular weight is 421 g/mol. The number of benzene rings is 3. The summed E-state index contributed by atoms with van der Waals surface area (Å²) in [6.07, 6.45) is 1.94. The predicted octanol–water partition coefficient (Wildman–Crippen LogP) is 5.56. The largest absolute Gasteiger partial charge is 0.452 e. The molecule has 0 aromatic heterocycles. The van der Waals surface area contributed by atoms with Crippen LogP contribution in [0.5, 0.6) is 0 Å². The van der Waals surface area contributed by atoms with Gasteiger partial charge in [0, 0.05) is 10.6 Å². The number of anilines is 3. The molecular weight excluding hydrogens is 396 g/mol. The molecule has 6 heteroatoms.